The quantitative estimate of drug-likeness (QED) is 0.329. The number of rotatable bonds is 4. The Hall–Kier alpha value is 0.250. The van der Waals surface area contributed by atoms with Crippen LogP contribution in [0.3, 0.4) is 0 Å². The summed E-state index contributed by atoms with van der Waals surface area (Å²) in [5.74, 6) is -1.63. The molecule has 0 aliphatic rings. The first kappa shape index (κ1) is 5.99. The molecule has 0 bridgehead atoms. The van der Waals surface area contributed by atoms with Crippen molar-refractivity contribution in [1.29, 1.82) is 0 Å². The van der Waals surface area contributed by atoms with Gasteiger partial charge < -0.3 is 4.48 Å². The van der Waals surface area contributed by atoms with E-state index in [1.807, 2.05) is 20.8 Å². The Morgan fingerprint density at radius 2 is 1.56 bits per heavy atom. The summed E-state index contributed by atoms with van der Waals surface area (Å²) in [5.41, 5.74) is 0. The highest BCUT2D eigenvalue weighted by Gasteiger charge is 2.17. The van der Waals surface area contributed by atoms with Crippen molar-refractivity contribution in [2.24, 2.45) is 0 Å². The normalized spacial score (nSPS) is 16.9. The van der Waals surface area contributed by atoms with E-state index >= 15 is 0 Å². The van der Waals surface area contributed by atoms with Gasteiger partial charge >= 0.3 is 0 Å². The van der Waals surface area contributed by atoms with E-state index in [4.69, 9.17) is 14.3 Å². The molecular formula is C7H17ClN+. The molecule has 56 valence electrons. The van der Waals surface area contributed by atoms with Crippen LogP contribution < -0.4 is 0 Å². The van der Waals surface area contributed by atoms with Crippen LogP contribution in [0.4, 0.5) is 0 Å². The molecule has 9 heavy (non-hydrogen) atoms. The predicted molar refractivity (Wildman–Crippen MR) is 42.6 cm³/mol. The zero-order valence-electron chi connectivity index (χ0n) is 8.45. The van der Waals surface area contributed by atoms with Crippen LogP contribution in [0.5, 0.6) is 0 Å². The van der Waals surface area contributed by atoms with Crippen LogP contribution in [-0.4, -0.2) is 30.1 Å². The predicted octanol–water partition coefficient (Wildman–Crippen LogP) is 2.06. The SMILES string of the molecule is [2H]C([2H])(Cl)[N+](CC)(CC)CC. The van der Waals surface area contributed by atoms with Gasteiger partial charge in [0.15, 0.2) is 5.96 Å². The lowest BCUT2D eigenvalue weighted by molar-refractivity contribution is -0.912. The van der Waals surface area contributed by atoms with Gasteiger partial charge in [-0.1, -0.05) is 11.6 Å². The summed E-state index contributed by atoms with van der Waals surface area (Å²) in [6.45, 7) is 8.12. The van der Waals surface area contributed by atoms with Crippen LogP contribution in [0.1, 0.15) is 23.5 Å². The molecule has 0 heterocycles. The second-order valence-electron chi connectivity index (χ2n) is 2.18. The number of alkyl halides is 1. The fraction of sp³-hybridized carbons (Fsp3) is 1.00. The number of halogens is 1. The molecule has 0 N–H and O–H groups in total. The lowest BCUT2D eigenvalue weighted by atomic mass is 10.4. The molecule has 0 saturated heterocycles. The highest BCUT2D eigenvalue weighted by atomic mass is 35.5. The van der Waals surface area contributed by atoms with Gasteiger partial charge in [0, 0.05) is 0 Å². The molecule has 0 unspecified atom stereocenters. The van der Waals surface area contributed by atoms with Crippen molar-refractivity contribution in [2.45, 2.75) is 20.8 Å². The molecule has 0 aromatic heterocycles. The summed E-state index contributed by atoms with van der Waals surface area (Å²) in [6.07, 6.45) is 0. The van der Waals surface area contributed by atoms with E-state index in [9.17, 15) is 0 Å². The Morgan fingerprint density at radius 3 is 1.56 bits per heavy atom. The van der Waals surface area contributed by atoms with Crippen LogP contribution >= 0.6 is 11.6 Å². The molecule has 0 aliphatic heterocycles. The molecule has 0 aliphatic carbocycles. The summed E-state index contributed by atoms with van der Waals surface area (Å²) in [4.78, 5) is 0. The lowest BCUT2D eigenvalue weighted by Gasteiger charge is -2.32. The number of hydrogen-bond acceptors (Lipinski definition) is 0. The van der Waals surface area contributed by atoms with Crippen LogP contribution in [0.25, 0.3) is 0 Å². The highest BCUT2D eigenvalue weighted by molar-refractivity contribution is 6.16. The first-order valence-electron chi connectivity index (χ1n) is 4.48. The maximum Gasteiger partial charge on any atom is 0.154 e. The monoisotopic (exact) mass is 152 g/mol. The van der Waals surface area contributed by atoms with E-state index in [0.29, 0.717) is 4.48 Å². The van der Waals surface area contributed by atoms with Crippen LogP contribution in [0, 0.1) is 0 Å². The minimum atomic E-state index is -1.63. The molecule has 0 radical (unpaired) electrons. The summed E-state index contributed by atoms with van der Waals surface area (Å²) in [7, 11) is 0. The molecule has 1 nitrogen and oxygen atoms in total. The van der Waals surface area contributed by atoms with E-state index in [1.54, 1.807) is 0 Å². The van der Waals surface area contributed by atoms with Gasteiger partial charge in [-0.2, -0.15) is 0 Å². The summed E-state index contributed by atoms with van der Waals surface area (Å²) < 4.78 is 15.2. The minimum Gasteiger partial charge on any atom is -0.312 e. The minimum absolute atomic E-state index is 0.328. The second kappa shape index (κ2) is 4.13. The Bertz CT molecular complexity index is 110. The number of quaternary nitrogens is 1. The van der Waals surface area contributed by atoms with E-state index in [0.717, 1.165) is 19.6 Å². The van der Waals surface area contributed by atoms with Gasteiger partial charge in [0.25, 0.3) is 0 Å². The van der Waals surface area contributed by atoms with E-state index in [-0.39, 0.29) is 0 Å². The summed E-state index contributed by atoms with van der Waals surface area (Å²) in [5, 5.41) is 0. The highest BCUT2D eigenvalue weighted by Crippen LogP contribution is 2.06. The molecule has 0 rings (SSSR count). The van der Waals surface area contributed by atoms with Crippen LogP contribution in [-0.2, 0) is 0 Å². The largest absolute Gasteiger partial charge is 0.312 e. The van der Waals surface area contributed by atoms with Crippen molar-refractivity contribution >= 4 is 11.6 Å². The Balaban J connectivity index is 4.54. The molecule has 2 heteroatoms. The third kappa shape index (κ3) is 2.15. The maximum absolute atomic E-state index is 7.44. The van der Waals surface area contributed by atoms with Crippen molar-refractivity contribution < 1.29 is 7.22 Å². The molecule has 0 atom stereocenters. The van der Waals surface area contributed by atoms with Crippen molar-refractivity contribution in [1.82, 2.24) is 0 Å². The Kier molecular flexibility index (Phi) is 2.75. The fourth-order valence-electron chi connectivity index (χ4n) is 0.850. The van der Waals surface area contributed by atoms with Crippen molar-refractivity contribution in [3.05, 3.63) is 0 Å². The van der Waals surface area contributed by atoms with E-state index in [1.165, 1.54) is 0 Å². The van der Waals surface area contributed by atoms with Gasteiger partial charge in [0.1, 0.15) is 2.74 Å². The Morgan fingerprint density at radius 1 is 1.22 bits per heavy atom. The first-order valence-corrected chi connectivity index (χ1v) is 3.86. The van der Waals surface area contributed by atoms with Crippen LogP contribution in [0.15, 0.2) is 0 Å². The average molecular weight is 153 g/mol. The molecule has 0 spiro atoms. The van der Waals surface area contributed by atoms with Gasteiger partial charge in [-0.3, -0.25) is 0 Å². The summed E-state index contributed by atoms with van der Waals surface area (Å²) >= 11 is 5.66. The zero-order valence-corrected chi connectivity index (χ0v) is 7.20. The second-order valence-corrected chi connectivity index (χ2v) is 2.35. The molecule has 0 amide bonds. The zero-order chi connectivity index (χ0) is 9.12. The molecule has 0 fully saturated rings. The third-order valence-electron chi connectivity index (χ3n) is 2.00. The molecule has 0 aromatic carbocycles. The van der Waals surface area contributed by atoms with Gasteiger partial charge in [-0.15, -0.1) is 0 Å². The van der Waals surface area contributed by atoms with Crippen molar-refractivity contribution in [3.63, 3.8) is 0 Å². The van der Waals surface area contributed by atoms with Crippen LogP contribution in [0.2, 0.25) is 0 Å². The Labute approximate surface area is 66.0 Å². The molecular weight excluding hydrogens is 134 g/mol. The molecule has 0 saturated carbocycles. The van der Waals surface area contributed by atoms with E-state index < -0.39 is 5.96 Å². The van der Waals surface area contributed by atoms with Gasteiger partial charge in [0.05, 0.1) is 19.6 Å². The molecule has 0 aromatic rings. The van der Waals surface area contributed by atoms with E-state index in [2.05, 4.69) is 0 Å². The van der Waals surface area contributed by atoms with Crippen molar-refractivity contribution in [3.8, 4) is 0 Å². The summed E-state index contributed by atoms with van der Waals surface area (Å²) in [6, 6.07) is 0. The smallest absolute Gasteiger partial charge is 0.154 e. The van der Waals surface area contributed by atoms with Gasteiger partial charge in [-0.05, 0) is 20.8 Å². The average Bonchev–Trinajstić information content (AvgIpc) is 1.90. The fourth-order valence-corrected chi connectivity index (χ4v) is 1.21. The van der Waals surface area contributed by atoms with Crippen molar-refractivity contribution in [2.75, 3.05) is 25.6 Å². The first-order chi connectivity index (χ1) is 4.93. The lowest BCUT2D eigenvalue weighted by Crippen LogP contribution is -2.46. The topological polar surface area (TPSA) is 0 Å². The number of hydrogen-bond donors (Lipinski definition) is 0. The third-order valence-corrected chi connectivity index (χ3v) is 2.35. The maximum atomic E-state index is 7.44. The van der Waals surface area contributed by atoms with Gasteiger partial charge in [-0.25, -0.2) is 0 Å². The van der Waals surface area contributed by atoms with Gasteiger partial charge in [0.2, 0.25) is 0 Å². The standard InChI is InChI=1S/C7H17ClN/c1-4-9(5-2,6-3)7-8/h4-7H2,1-3H3/q+1/i7D2. The number of nitrogens with zero attached hydrogens (tertiary/aromatic N) is 1.